The highest BCUT2D eigenvalue weighted by Crippen LogP contribution is 2.27. The zero-order valence-corrected chi connectivity index (χ0v) is 10.9. The third kappa shape index (κ3) is 3.10. The van der Waals surface area contributed by atoms with Crippen LogP contribution >= 0.6 is 31.9 Å². The fourth-order valence-electron chi connectivity index (χ4n) is 1.08. The van der Waals surface area contributed by atoms with Gasteiger partial charge >= 0.3 is 5.97 Å². The van der Waals surface area contributed by atoms with Crippen LogP contribution in [-0.2, 0) is 16.0 Å². The zero-order chi connectivity index (χ0) is 10.6. The molecular weight excluding hydrogens is 312 g/mol. The molecule has 0 radical (unpaired) electrons. The maximum Gasteiger partial charge on any atom is 0.305 e. The van der Waals surface area contributed by atoms with Crippen molar-refractivity contribution in [2.24, 2.45) is 0 Å². The molecule has 0 aliphatic rings. The van der Waals surface area contributed by atoms with Crippen molar-refractivity contribution in [3.63, 3.8) is 0 Å². The Balaban J connectivity index is 2.68. The van der Waals surface area contributed by atoms with Crippen LogP contribution in [0.1, 0.15) is 12.0 Å². The van der Waals surface area contributed by atoms with Gasteiger partial charge in [-0.05, 0) is 49.9 Å². The molecule has 0 bridgehead atoms. The largest absolute Gasteiger partial charge is 0.469 e. The van der Waals surface area contributed by atoms with Crippen molar-refractivity contribution in [1.82, 2.24) is 0 Å². The Hall–Kier alpha value is -0.350. The van der Waals surface area contributed by atoms with Crippen LogP contribution in [0.25, 0.3) is 0 Å². The maximum atomic E-state index is 10.9. The van der Waals surface area contributed by atoms with Gasteiger partial charge in [-0.2, -0.15) is 0 Å². The van der Waals surface area contributed by atoms with Gasteiger partial charge in [0.2, 0.25) is 0 Å². The number of ether oxygens (including phenoxy) is 1. The highest BCUT2D eigenvalue weighted by Gasteiger charge is 2.06. The monoisotopic (exact) mass is 320 g/mol. The standard InChI is InChI=1S/C10H10Br2O2/c1-14-9(13)6-5-7-3-2-4-8(11)10(7)12/h2-4H,5-6H2,1H3. The van der Waals surface area contributed by atoms with Crippen LogP contribution in [0.3, 0.4) is 0 Å². The number of hydrogen-bond donors (Lipinski definition) is 0. The van der Waals surface area contributed by atoms with Crippen molar-refractivity contribution in [3.05, 3.63) is 32.7 Å². The molecule has 0 amide bonds. The molecule has 4 heteroatoms. The van der Waals surface area contributed by atoms with Crippen LogP contribution in [0.2, 0.25) is 0 Å². The summed E-state index contributed by atoms with van der Waals surface area (Å²) in [6.45, 7) is 0. The first-order chi connectivity index (χ1) is 6.65. The predicted octanol–water partition coefficient (Wildman–Crippen LogP) is 3.32. The summed E-state index contributed by atoms with van der Waals surface area (Å²) < 4.78 is 6.58. The number of benzene rings is 1. The summed E-state index contributed by atoms with van der Waals surface area (Å²) in [5, 5.41) is 0. The molecule has 0 saturated heterocycles. The molecule has 2 nitrogen and oxygen atoms in total. The van der Waals surface area contributed by atoms with Crippen LogP contribution < -0.4 is 0 Å². The van der Waals surface area contributed by atoms with E-state index >= 15 is 0 Å². The number of halogens is 2. The number of esters is 1. The Kier molecular flexibility index (Phi) is 4.62. The molecule has 1 aromatic rings. The Labute approximate surface area is 99.9 Å². The summed E-state index contributed by atoms with van der Waals surface area (Å²) in [4.78, 5) is 10.9. The van der Waals surface area contributed by atoms with E-state index in [4.69, 9.17) is 0 Å². The number of rotatable bonds is 3. The molecule has 0 saturated carbocycles. The Morgan fingerprint density at radius 1 is 1.43 bits per heavy atom. The predicted molar refractivity (Wildman–Crippen MR) is 62.2 cm³/mol. The number of carbonyl (C=O) groups excluding carboxylic acids is 1. The smallest absolute Gasteiger partial charge is 0.305 e. The van der Waals surface area contributed by atoms with E-state index in [1.807, 2.05) is 18.2 Å². The lowest BCUT2D eigenvalue weighted by Crippen LogP contribution is -2.02. The minimum Gasteiger partial charge on any atom is -0.469 e. The van der Waals surface area contributed by atoms with Gasteiger partial charge in [0.15, 0.2) is 0 Å². The first-order valence-electron chi connectivity index (χ1n) is 4.15. The summed E-state index contributed by atoms with van der Waals surface area (Å²) in [6.07, 6.45) is 1.10. The van der Waals surface area contributed by atoms with Crippen LogP contribution in [0.4, 0.5) is 0 Å². The first kappa shape index (κ1) is 11.7. The molecule has 0 aromatic heterocycles. The van der Waals surface area contributed by atoms with E-state index in [0.717, 1.165) is 14.5 Å². The van der Waals surface area contributed by atoms with Gasteiger partial charge in [-0.1, -0.05) is 12.1 Å². The Morgan fingerprint density at radius 2 is 2.14 bits per heavy atom. The molecule has 0 atom stereocenters. The van der Waals surface area contributed by atoms with Crippen LogP contribution in [-0.4, -0.2) is 13.1 Å². The molecular formula is C10H10Br2O2. The molecule has 0 aliphatic carbocycles. The molecule has 0 heterocycles. The maximum absolute atomic E-state index is 10.9. The van der Waals surface area contributed by atoms with Crippen LogP contribution in [0.15, 0.2) is 27.1 Å². The van der Waals surface area contributed by atoms with Gasteiger partial charge < -0.3 is 4.74 Å². The van der Waals surface area contributed by atoms with Crippen molar-refractivity contribution >= 4 is 37.8 Å². The third-order valence-electron chi connectivity index (χ3n) is 1.86. The fourth-order valence-corrected chi connectivity index (χ4v) is 1.95. The second-order valence-corrected chi connectivity index (χ2v) is 4.44. The highest BCUT2D eigenvalue weighted by molar-refractivity contribution is 9.13. The SMILES string of the molecule is COC(=O)CCc1cccc(Br)c1Br. The third-order valence-corrected chi connectivity index (χ3v) is 3.99. The minimum absolute atomic E-state index is 0.183. The lowest BCUT2D eigenvalue weighted by atomic mass is 10.1. The van der Waals surface area contributed by atoms with Gasteiger partial charge in [0.1, 0.15) is 0 Å². The number of methoxy groups -OCH3 is 1. The summed E-state index contributed by atoms with van der Waals surface area (Å²) in [5.74, 6) is -0.183. The van der Waals surface area contributed by atoms with Gasteiger partial charge in [-0.3, -0.25) is 4.79 Å². The molecule has 0 spiro atoms. The van der Waals surface area contributed by atoms with Gasteiger partial charge in [0.25, 0.3) is 0 Å². The molecule has 0 aliphatic heterocycles. The summed E-state index contributed by atoms with van der Waals surface area (Å²) in [7, 11) is 1.40. The average molecular weight is 322 g/mol. The molecule has 76 valence electrons. The number of aryl methyl sites for hydroxylation is 1. The molecule has 0 N–H and O–H groups in total. The molecule has 1 aromatic carbocycles. The second-order valence-electron chi connectivity index (χ2n) is 2.79. The topological polar surface area (TPSA) is 26.3 Å². The quantitative estimate of drug-likeness (QED) is 0.798. The lowest BCUT2D eigenvalue weighted by Gasteiger charge is -2.04. The van der Waals surface area contributed by atoms with Crippen molar-refractivity contribution in [2.45, 2.75) is 12.8 Å². The molecule has 1 rings (SSSR count). The Morgan fingerprint density at radius 3 is 2.79 bits per heavy atom. The average Bonchev–Trinajstić information content (AvgIpc) is 2.20. The lowest BCUT2D eigenvalue weighted by molar-refractivity contribution is -0.140. The number of hydrogen-bond acceptors (Lipinski definition) is 2. The van der Waals surface area contributed by atoms with E-state index in [2.05, 4.69) is 36.6 Å². The molecule has 14 heavy (non-hydrogen) atoms. The van der Waals surface area contributed by atoms with E-state index in [1.54, 1.807) is 0 Å². The molecule has 0 fully saturated rings. The van der Waals surface area contributed by atoms with Crippen molar-refractivity contribution < 1.29 is 9.53 Å². The van der Waals surface area contributed by atoms with E-state index in [1.165, 1.54) is 7.11 Å². The first-order valence-corrected chi connectivity index (χ1v) is 5.73. The summed E-state index contributed by atoms with van der Waals surface area (Å²) >= 11 is 6.86. The number of carbonyl (C=O) groups is 1. The van der Waals surface area contributed by atoms with Crippen molar-refractivity contribution in [3.8, 4) is 0 Å². The second kappa shape index (κ2) is 5.51. The summed E-state index contributed by atoms with van der Waals surface area (Å²) in [6, 6.07) is 5.88. The van der Waals surface area contributed by atoms with E-state index in [0.29, 0.717) is 12.8 Å². The van der Waals surface area contributed by atoms with E-state index in [-0.39, 0.29) is 5.97 Å². The highest BCUT2D eigenvalue weighted by atomic mass is 79.9. The van der Waals surface area contributed by atoms with Gasteiger partial charge in [0.05, 0.1) is 7.11 Å². The van der Waals surface area contributed by atoms with Crippen LogP contribution in [0.5, 0.6) is 0 Å². The minimum atomic E-state index is -0.183. The van der Waals surface area contributed by atoms with Gasteiger partial charge in [-0.25, -0.2) is 0 Å². The Bertz CT molecular complexity index is 337. The van der Waals surface area contributed by atoms with Crippen molar-refractivity contribution in [1.29, 1.82) is 0 Å². The zero-order valence-electron chi connectivity index (χ0n) is 7.72. The van der Waals surface area contributed by atoms with Gasteiger partial charge in [-0.15, -0.1) is 0 Å². The van der Waals surface area contributed by atoms with Crippen molar-refractivity contribution in [2.75, 3.05) is 7.11 Å². The van der Waals surface area contributed by atoms with Gasteiger partial charge in [0, 0.05) is 15.4 Å². The van der Waals surface area contributed by atoms with E-state index < -0.39 is 0 Å². The van der Waals surface area contributed by atoms with Crippen LogP contribution in [0, 0.1) is 0 Å². The van der Waals surface area contributed by atoms with E-state index in [9.17, 15) is 4.79 Å². The summed E-state index contributed by atoms with van der Waals surface area (Å²) in [5.41, 5.74) is 1.10. The normalized spacial score (nSPS) is 9.93. The molecule has 0 unspecified atom stereocenters. The fraction of sp³-hybridized carbons (Fsp3) is 0.300.